The number of hydrogen-bond acceptors (Lipinski definition) is 2. The van der Waals surface area contributed by atoms with Gasteiger partial charge in [-0.05, 0) is 31.4 Å². The number of unbranched alkanes of at least 4 members (excludes halogenated alkanes) is 1. The molecule has 0 saturated heterocycles. The van der Waals surface area contributed by atoms with Crippen LogP contribution in [0.2, 0.25) is 5.02 Å². The predicted octanol–water partition coefficient (Wildman–Crippen LogP) is 3.50. The Bertz CT molecular complexity index is 306. The Hall–Kier alpha value is -0.760. The summed E-state index contributed by atoms with van der Waals surface area (Å²) in [5, 5.41) is 0.713. The van der Waals surface area contributed by atoms with Gasteiger partial charge in [0.25, 0.3) is 0 Å². The highest BCUT2D eigenvalue weighted by Gasteiger charge is 2.29. The van der Waals surface area contributed by atoms with Crippen LogP contribution in [0, 0.1) is 0 Å². The van der Waals surface area contributed by atoms with E-state index < -0.39 is 0 Å². The van der Waals surface area contributed by atoms with E-state index >= 15 is 0 Å². The molecule has 0 spiro atoms. The van der Waals surface area contributed by atoms with Crippen LogP contribution in [0.1, 0.15) is 32.6 Å². The zero-order valence-electron chi connectivity index (χ0n) is 9.12. The Kier molecular flexibility index (Phi) is 3.47. The van der Waals surface area contributed by atoms with E-state index in [4.69, 9.17) is 11.6 Å². The van der Waals surface area contributed by atoms with E-state index in [2.05, 4.69) is 16.8 Å². The van der Waals surface area contributed by atoms with Gasteiger partial charge in [0.15, 0.2) is 0 Å². The lowest BCUT2D eigenvalue weighted by atomic mass is 10.3. The van der Waals surface area contributed by atoms with E-state index in [0.717, 1.165) is 18.4 Å². The van der Waals surface area contributed by atoms with Crippen LogP contribution in [-0.2, 0) is 0 Å². The minimum atomic E-state index is 0.713. The number of anilines is 1. The molecule has 0 aliphatic heterocycles. The fourth-order valence-electron chi connectivity index (χ4n) is 1.74. The average molecular weight is 225 g/mol. The summed E-state index contributed by atoms with van der Waals surface area (Å²) in [5.74, 6) is 1.08. The van der Waals surface area contributed by atoms with Crippen molar-refractivity contribution < 1.29 is 0 Å². The first-order chi connectivity index (χ1) is 7.31. The van der Waals surface area contributed by atoms with Crippen molar-refractivity contribution in [3.8, 4) is 0 Å². The van der Waals surface area contributed by atoms with Gasteiger partial charge in [0, 0.05) is 18.8 Å². The molecule has 2 nitrogen and oxygen atoms in total. The second kappa shape index (κ2) is 4.84. The molecule has 82 valence electrons. The molecule has 15 heavy (non-hydrogen) atoms. The number of rotatable bonds is 5. The zero-order chi connectivity index (χ0) is 10.7. The van der Waals surface area contributed by atoms with Gasteiger partial charge in [-0.15, -0.1) is 0 Å². The first-order valence-corrected chi connectivity index (χ1v) is 6.07. The van der Waals surface area contributed by atoms with Gasteiger partial charge in [0.1, 0.15) is 5.82 Å². The molecule has 0 N–H and O–H groups in total. The van der Waals surface area contributed by atoms with Gasteiger partial charge in [-0.3, -0.25) is 0 Å². The minimum absolute atomic E-state index is 0.713. The molecule has 1 aliphatic rings. The number of aromatic nitrogens is 1. The van der Waals surface area contributed by atoms with Crippen LogP contribution >= 0.6 is 11.6 Å². The van der Waals surface area contributed by atoms with Crippen LogP contribution in [0.3, 0.4) is 0 Å². The minimum Gasteiger partial charge on any atom is -0.354 e. The third kappa shape index (κ3) is 2.85. The fraction of sp³-hybridized carbons (Fsp3) is 0.583. The van der Waals surface area contributed by atoms with Gasteiger partial charge in [-0.1, -0.05) is 24.9 Å². The van der Waals surface area contributed by atoms with Gasteiger partial charge >= 0.3 is 0 Å². The van der Waals surface area contributed by atoms with Gasteiger partial charge in [-0.2, -0.15) is 0 Å². The number of halogens is 1. The number of hydrogen-bond donors (Lipinski definition) is 0. The molecule has 1 aromatic heterocycles. The Morgan fingerprint density at radius 2 is 2.27 bits per heavy atom. The second-order valence-electron chi connectivity index (χ2n) is 4.11. The summed E-state index contributed by atoms with van der Waals surface area (Å²) in [6, 6.07) is 4.67. The van der Waals surface area contributed by atoms with E-state index in [-0.39, 0.29) is 0 Å². The molecular formula is C12H17ClN2. The molecule has 2 rings (SSSR count). The molecule has 0 radical (unpaired) electrons. The fourth-order valence-corrected chi connectivity index (χ4v) is 1.85. The quantitative estimate of drug-likeness (QED) is 0.761. The normalized spacial score (nSPS) is 15.3. The molecule has 0 unspecified atom stereocenters. The van der Waals surface area contributed by atoms with E-state index in [1.807, 2.05) is 12.1 Å². The Morgan fingerprint density at radius 3 is 2.80 bits per heavy atom. The van der Waals surface area contributed by atoms with Crippen molar-refractivity contribution in [3.63, 3.8) is 0 Å². The highest BCUT2D eigenvalue weighted by atomic mass is 35.5. The van der Waals surface area contributed by atoms with Crippen LogP contribution in [-0.4, -0.2) is 17.6 Å². The van der Waals surface area contributed by atoms with E-state index in [9.17, 15) is 0 Å². The second-order valence-corrected chi connectivity index (χ2v) is 4.55. The molecule has 0 aromatic carbocycles. The largest absolute Gasteiger partial charge is 0.354 e. The maximum Gasteiger partial charge on any atom is 0.128 e. The van der Waals surface area contributed by atoms with Crippen molar-refractivity contribution >= 4 is 17.4 Å². The lowest BCUT2D eigenvalue weighted by Crippen LogP contribution is -2.27. The topological polar surface area (TPSA) is 16.1 Å². The summed E-state index contributed by atoms with van der Waals surface area (Å²) in [6.45, 7) is 3.34. The predicted molar refractivity (Wildman–Crippen MR) is 64.5 cm³/mol. The summed E-state index contributed by atoms with van der Waals surface area (Å²) in [6.07, 6.45) is 6.83. The molecule has 0 bridgehead atoms. The standard InChI is InChI=1S/C12H17ClN2/c1-2-3-8-15(11-5-6-11)12-7-4-10(13)9-14-12/h4,7,9,11H,2-3,5-6,8H2,1H3. The van der Waals surface area contributed by atoms with Crippen molar-refractivity contribution in [2.75, 3.05) is 11.4 Å². The molecule has 1 saturated carbocycles. The average Bonchev–Trinajstić information content (AvgIpc) is 3.05. The summed E-state index contributed by atoms with van der Waals surface area (Å²) in [7, 11) is 0. The van der Waals surface area contributed by atoms with E-state index in [1.54, 1.807) is 6.20 Å². The maximum absolute atomic E-state index is 5.83. The molecule has 1 heterocycles. The van der Waals surface area contributed by atoms with Gasteiger partial charge in [0.2, 0.25) is 0 Å². The van der Waals surface area contributed by atoms with Gasteiger partial charge in [-0.25, -0.2) is 4.98 Å². The van der Waals surface area contributed by atoms with Crippen molar-refractivity contribution in [1.82, 2.24) is 4.98 Å². The molecule has 1 fully saturated rings. The summed E-state index contributed by atoms with van der Waals surface area (Å²) < 4.78 is 0. The third-order valence-corrected chi connectivity index (χ3v) is 2.97. The molecule has 0 amide bonds. The molecule has 1 aliphatic carbocycles. The van der Waals surface area contributed by atoms with Crippen LogP contribution < -0.4 is 4.90 Å². The van der Waals surface area contributed by atoms with E-state index in [0.29, 0.717) is 5.02 Å². The molecule has 1 aromatic rings. The Labute approximate surface area is 96.3 Å². The first-order valence-electron chi connectivity index (χ1n) is 5.69. The van der Waals surface area contributed by atoms with Crippen molar-refractivity contribution in [1.29, 1.82) is 0 Å². The van der Waals surface area contributed by atoms with Crippen LogP contribution in [0.15, 0.2) is 18.3 Å². The lowest BCUT2D eigenvalue weighted by molar-refractivity contribution is 0.705. The van der Waals surface area contributed by atoms with Gasteiger partial charge < -0.3 is 4.90 Å². The highest BCUT2D eigenvalue weighted by molar-refractivity contribution is 6.30. The van der Waals surface area contributed by atoms with Crippen molar-refractivity contribution in [2.24, 2.45) is 0 Å². The maximum atomic E-state index is 5.83. The first kappa shape index (κ1) is 10.7. The van der Waals surface area contributed by atoms with Crippen molar-refractivity contribution in [2.45, 2.75) is 38.6 Å². The summed E-state index contributed by atoms with van der Waals surface area (Å²) in [4.78, 5) is 6.80. The molecule has 3 heteroatoms. The van der Waals surface area contributed by atoms with Crippen LogP contribution in [0.4, 0.5) is 5.82 Å². The number of nitrogens with zero attached hydrogens (tertiary/aromatic N) is 2. The lowest BCUT2D eigenvalue weighted by Gasteiger charge is -2.23. The van der Waals surface area contributed by atoms with Crippen LogP contribution in [0.25, 0.3) is 0 Å². The zero-order valence-corrected chi connectivity index (χ0v) is 9.87. The molecule has 0 atom stereocenters. The smallest absolute Gasteiger partial charge is 0.128 e. The third-order valence-electron chi connectivity index (χ3n) is 2.75. The van der Waals surface area contributed by atoms with Crippen molar-refractivity contribution in [3.05, 3.63) is 23.4 Å². The van der Waals surface area contributed by atoms with Crippen LogP contribution in [0.5, 0.6) is 0 Å². The Balaban J connectivity index is 2.06. The van der Waals surface area contributed by atoms with Gasteiger partial charge in [0.05, 0.1) is 5.02 Å². The summed E-state index contributed by atoms with van der Waals surface area (Å²) >= 11 is 5.83. The van der Waals surface area contributed by atoms with E-state index in [1.165, 1.54) is 25.7 Å². The Morgan fingerprint density at radius 1 is 1.47 bits per heavy atom. The molecular weight excluding hydrogens is 208 g/mol. The summed E-state index contributed by atoms with van der Waals surface area (Å²) in [5.41, 5.74) is 0. The highest BCUT2D eigenvalue weighted by Crippen LogP contribution is 2.31. The monoisotopic (exact) mass is 224 g/mol. The number of pyridine rings is 1. The SMILES string of the molecule is CCCCN(c1ccc(Cl)cn1)C1CC1.